The molecule has 0 amide bonds. The average Bonchev–Trinajstić information content (AvgIpc) is 2.82. The molecule has 2 aromatic rings. The van der Waals surface area contributed by atoms with Crippen LogP contribution in [0.15, 0.2) is 43.1 Å². The fraction of sp³-hybridized carbons (Fsp3) is 0.353. The van der Waals surface area contributed by atoms with E-state index in [0.29, 0.717) is 0 Å². The molecular weight excluding hydrogens is 260 g/mol. The van der Waals surface area contributed by atoms with E-state index >= 15 is 0 Å². The van der Waals surface area contributed by atoms with E-state index in [9.17, 15) is 0 Å². The summed E-state index contributed by atoms with van der Waals surface area (Å²) in [6, 6.07) is 8.47. The van der Waals surface area contributed by atoms with Gasteiger partial charge in [0.15, 0.2) is 0 Å². The summed E-state index contributed by atoms with van der Waals surface area (Å²) in [4.78, 5) is 6.83. The van der Waals surface area contributed by atoms with Gasteiger partial charge in [-0.2, -0.15) is 0 Å². The van der Waals surface area contributed by atoms with E-state index in [0.717, 1.165) is 37.0 Å². The minimum absolute atomic E-state index is 0.751. The van der Waals surface area contributed by atoms with Gasteiger partial charge in [0.05, 0.1) is 5.69 Å². The fourth-order valence-electron chi connectivity index (χ4n) is 2.40. The molecule has 0 saturated carbocycles. The second kappa shape index (κ2) is 6.97. The van der Waals surface area contributed by atoms with Crippen LogP contribution in [0.3, 0.4) is 0 Å². The first-order valence-electron chi connectivity index (χ1n) is 7.44. The Morgan fingerprint density at radius 3 is 2.48 bits per heavy atom. The zero-order valence-electron chi connectivity index (χ0n) is 13.1. The first kappa shape index (κ1) is 15.2. The number of hydrogen-bond donors (Lipinski definition) is 1. The molecule has 0 atom stereocenters. The molecule has 0 unspecified atom stereocenters. The van der Waals surface area contributed by atoms with Crippen LogP contribution in [-0.2, 0) is 6.54 Å². The Bertz CT molecular complexity index is 579. The van der Waals surface area contributed by atoms with Crippen LogP contribution in [0.1, 0.15) is 19.5 Å². The lowest BCUT2D eigenvalue weighted by Crippen LogP contribution is -2.21. The monoisotopic (exact) mass is 284 g/mol. The number of anilines is 3. The van der Waals surface area contributed by atoms with Gasteiger partial charge in [-0.05, 0) is 45.0 Å². The maximum atomic E-state index is 4.51. The van der Waals surface area contributed by atoms with Gasteiger partial charge in [0.1, 0.15) is 0 Å². The molecule has 1 heterocycles. The smallest absolute Gasteiger partial charge is 0.207 e. The Labute approximate surface area is 127 Å². The van der Waals surface area contributed by atoms with Gasteiger partial charge in [-0.15, -0.1) is 6.58 Å². The van der Waals surface area contributed by atoms with E-state index in [1.165, 1.54) is 5.69 Å². The van der Waals surface area contributed by atoms with Gasteiger partial charge in [-0.1, -0.05) is 6.08 Å². The SMILES string of the molecule is C=CCn1cc(C)nc1Nc1ccc(N(CC)CC)cc1. The zero-order valence-corrected chi connectivity index (χ0v) is 13.1. The lowest BCUT2D eigenvalue weighted by atomic mass is 10.2. The molecule has 4 nitrogen and oxygen atoms in total. The molecule has 1 aromatic carbocycles. The van der Waals surface area contributed by atoms with Crippen LogP contribution in [0.25, 0.3) is 0 Å². The largest absolute Gasteiger partial charge is 0.372 e. The molecule has 21 heavy (non-hydrogen) atoms. The molecule has 0 bridgehead atoms. The molecule has 0 fully saturated rings. The maximum Gasteiger partial charge on any atom is 0.207 e. The predicted molar refractivity (Wildman–Crippen MR) is 90.4 cm³/mol. The van der Waals surface area contributed by atoms with E-state index in [-0.39, 0.29) is 0 Å². The van der Waals surface area contributed by atoms with Crippen LogP contribution >= 0.6 is 0 Å². The lowest BCUT2D eigenvalue weighted by molar-refractivity contribution is 0.832. The van der Waals surface area contributed by atoms with Crippen molar-refractivity contribution >= 4 is 17.3 Å². The third kappa shape index (κ3) is 3.66. The molecule has 1 N–H and O–H groups in total. The summed E-state index contributed by atoms with van der Waals surface area (Å²) < 4.78 is 2.06. The quantitative estimate of drug-likeness (QED) is 0.781. The van der Waals surface area contributed by atoms with Crippen LogP contribution in [0, 0.1) is 6.92 Å². The molecule has 4 heteroatoms. The number of nitrogens with zero attached hydrogens (tertiary/aromatic N) is 3. The van der Waals surface area contributed by atoms with Gasteiger partial charge in [0.2, 0.25) is 5.95 Å². The van der Waals surface area contributed by atoms with Gasteiger partial charge < -0.3 is 14.8 Å². The molecule has 0 saturated heterocycles. The first-order chi connectivity index (χ1) is 10.2. The molecule has 1 aromatic heterocycles. The summed E-state index contributed by atoms with van der Waals surface area (Å²) in [6.45, 7) is 12.9. The Morgan fingerprint density at radius 1 is 1.24 bits per heavy atom. The van der Waals surface area contributed by atoms with Gasteiger partial charge >= 0.3 is 0 Å². The summed E-state index contributed by atoms with van der Waals surface area (Å²) in [7, 11) is 0. The van der Waals surface area contributed by atoms with Crippen LogP contribution in [0.4, 0.5) is 17.3 Å². The van der Waals surface area contributed by atoms with Crippen molar-refractivity contribution in [3.05, 3.63) is 48.8 Å². The average molecular weight is 284 g/mol. The predicted octanol–water partition coefficient (Wildman–Crippen LogP) is 3.97. The number of aryl methyl sites for hydroxylation is 1. The van der Waals surface area contributed by atoms with Crippen molar-refractivity contribution < 1.29 is 0 Å². The number of imidazole rings is 1. The summed E-state index contributed by atoms with van der Waals surface area (Å²) in [5.41, 5.74) is 3.29. The molecule has 0 aliphatic carbocycles. The van der Waals surface area contributed by atoms with Crippen molar-refractivity contribution in [2.45, 2.75) is 27.3 Å². The third-order valence-corrected chi connectivity index (χ3v) is 3.47. The highest BCUT2D eigenvalue weighted by Crippen LogP contribution is 2.21. The van der Waals surface area contributed by atoms with E-state index in [2.05, 4.69) is 64.5 Å². The standard InChI is InChI=1S/C17H24N4/c1-5-12-21-13-14(4)18-17(21)19-15-8-10-16(11-9-15)20(6-2)7-3/h5,8-11,13H,1,6-7,12H2,2-4H3,(H,18,19). The van der Waals surface area contributed by atoms with E-state index in [4.69, 9.17) is 0 Å². The summed E-state index contributed by atoms with van der Waals surface area (Å²) >= 11 is 0. The molecule has 0 radical (unpaired) electrons. The van der Waals surface area contributed by atoms with Gasteiger partial charge in [-0.3, -0.25) is 0 Å². The number of hydrogen-bond acceptors (Lipinski definition) is 3. The maximum absolute atomic E-state index is 4.51. The van der Waals surface area contributed by atoms with Gasteiger partial charge in [-0.25, -0.2) is 4.98 Å². The third-order valence-electron chi connectivity index (χ3n) is 3.47. The van der Waals surface area contributed by atoms with Crippen molar-refractivity contribution in [1.82, 2.24) is 9.55 Å². The van der Waals surface area contributed by atoms with Gasteiger partial charge in [0.25, 0.3) is 0 Å². The molecule has 0 aliphatic heterocycles. The van der Waals surface area contributed by atoms with Crippen LogP contribution in [-0.4, -0.2) is 22.6 Å². The Balaban J connectivity index is 2.15. The Hall–Kier alpha value is -2.23. The van der Waals surface area contributed by atoms with Crippen LogP contribution in [0.2, 0.25) is 0 Å². The topological polar surface area (TPSA) is 33.1 Å². The van der Waals surface area contributed by atoms with Crippen LogP contribution in [0.5, 0.6) is 0 Å². The number of rotatable bonds is 7. The Kier molecular flexibility index (Phi) is 5.04. The minimum Gasteiger partial charge on any atom is -0.372 e. The molecule has 0 aliphatic rings. The van der Waals surface area contributed by atoms with E-state index in [1.54, 1.807) is 0 Å². The van der Waals surface area contributed by atoms with Crippen molar-refractivity contribution in [2.24, 2.45) is 0 Å². The van der Waals surface area contributed by atoms with E-state index < -0.39 is 0 Å². The number of aromatic nitrogens is 2. The van der Waals surface area contributed by atoms with E-state index in [1.807, 2.05) is 19.2 Å². The van der Waals surface area contributed by atoms with Crippen molar-refractivity contribution in [2.75, 3.05) is 23.3 Å². The normalized spacial score (nSPS) is 10.4. The molecule has 2 rings (SSSR count). The summed E-state index contributed by atoms with van der Waals surface area (Å²) in [6.07, 6.45) is 3.89. The lowest BCUT2D eigenvalue weighted by Gasteiger charge is -2.21. The van der Waals surface area contributed by atoms with Crippen molar-refractivity contribution in [1.29, 1.82) is 0 Å². The molecule has 0 spiro atoms. The second-order valence-electron chi connectivity index (χ2n) is 4.99. The fourth-order valence-corrected chi connectivity index (χ4v) is 2.40. The number of benzene rings is 1. The zero-order chi connectivity index (χ0) is 15.2. The molecule has 112 valence electrons. The first-order valence-corrected chi connectivity index (χ1v) is 7.44. The summed E-state index contributed by atoms with van der Waals surface area (Å²) in [5.74, 6) is 0.850. The van der Waals surface area contributed by atoms with Crippen molar-refractivity contribution in [3.8, 4) is 0 Å². The number of nitrogens with one attached hydrogen (secondary N) is 1. The Morgan fingerprint density at radius 2 is 1.90 bits per heavy atom. The highest BCUT2D eigenvalue weighted by atomic mass is 15.2. The second-order valence-corrected chi connectivity index (χ2v) is 4.99. The van der Waals surface area contributed by atoms with Crippen molar-refractivity contribution in [3.63, 3.8) is 0 Å². The highest BCUT2D eigenvalue weighted by Gasteiger charge is 2.06. The number of allylic oxidation sites excluding steroid dienone is 1. The minimum atomic E-state index is 0.751. The van der Waals surface area contributed by atoms with Crippen LogP contribution < -0.4 is 10.2 Å². The molecular formula is C17H24N4. The van der Waals surface area contributed by atoms with Gasteiger partial charge in [0, 0.05) is 37.2 Å². The summed E-state index contributed by atoms with van der Waals surface area (Å²) in [5, 5.41) is 3.37. The highest BCUT2D eigenvalue weighted by molar-refractivity contribution is 5.59.